The number of pyridine rings is 1. The molecule has 1 aromatic rings. The van der Waals surface area contributed by atoms with E-state index in [4.69, 9.17) is 5.73 Å². The fourth-order valence-electron chi connectivity index (χ4n) is 1.34. The molecule has 2 N–H and O–H groups in total. The van der Waals surface area contributed by atoms with Crippen LogP contribution in [0.5, 0.6) is 0 Å². The number of hydrogen-bond acceptors (Lipinski definition) is 4. The number of carbonyl (C=O) groups is 1. The normalized spacial score (nSPS) is 16.3. The summed E-state index contributed by atoms with van der Waals surface area (Å²) in [6, 6.07) is 2.94. The molecule has 0 fully saturated rings. The van der Waals surface area contributed by atoms with Gasteiger partial charge in [0.05, 0.1) is 12.1 Å². The second-order valence-corrected chi connectivity index (χ2v) is 3.34. The molecule has 2 rings (SSSR count). The Kier molecular flexibility index (Phi) is 2.49. The summed E-state index contributed by atoms with van der Waals surface area (Å²) in [4.78, 5) is 15.1. The monoisotopic (exact) mass is 244 g/mol. The third kappa shape index (κ3) is 2.05. The van der Waals surface area contributed by atoms with Crippen molar-refractivity contribution in [2.75, 3.05) is 10.7 Å². The minimum absolute atomic E-state index is 0.0863. The highest BCUT2D eigenvalue weighted by atomic mass is 19.4. The number of anilines is 2. The fourth-order valence-corrected chi connectivity index (χ4v) is 1.34. The predicted molar refractivity (Wildman–Crippen MR) is 54.2 cm³/mol. The van der Waals surface area contributed by atoms with Gasteiger partial charge >= 0.3 is 6.18 Å². The average molecular weight is 244 g/mol. The molecule has 0 radical (unpaired) electrons. The first-order valence-corrected chi connectivity index (χ1v) is 4.57. The number of nitrogens with zero attached hydrogens (tertiary/aromatic N) is 3. The first-order chi connectivity index (χ1) is 7.89. The number of amides is 1. The molecule has 8 heteroatoms. The molecule has 2 heterocycles. The van der Waals surface area contributed by atoms with E-state index in [2.05, 4.69) is 10.1 Å². The van der Waals surface area contributed by atoms with Gasteiger partial charge < -0.3 is 5.73 Å². The van der Waals surface area contributed by atoms with Gasteiger partial charge in [0.25, 0.3) is 5.91 Å². The van der Waals surface area contributed by atoms with Crippen molar-refractivity contribution >= 4 is 23.1 Å². The lowest BCUT2D eigenvalue weighted by molar-refractivity contribution is -0.117. The number of alkyl halides is 3. The zero-order chi connectivity index (χ0) is 12.6. The third-order valence-electron chi connectivity index (χ3n) is 2.12. The quantitative estimate of drug-likeness (QED) is 0.809. The van der Waals surface area contributed by atoms with Crippen molar-refractivity contribution in [3.05, 3.63) is 18.3 Å². The first-order valence-electron chi connectivity index (χ1n) is 4.57. The third-order valence-corrected chi connectivity index (χ3v) is 2.12. The summed E-state index contributed by atoms with van der Waals surface area (Å²) in [6.07, 6.45) is -4.09. The van der Waals surface area contributed by atoms with Gasteiger partial charge in [-0.05, 0) is 12.1 Å². The van der Waals surface area contributed by atoms with Crippen molar-refractivity contribution in [1.29, 1.82) is 0 Å². The van der Waals surface area contributed by atoms with Gasteiger partial charge in [-0.2, -0.15) is 23.3 Å². The molecule has 1 aliphatic heterocycles. The lowest BCUT2D eigenvalue weighted by Crippen LogP contribution is -2.22. The van der Waals surface area contributed by atoms with Crippen LogP contribution in [-0.4, -0.2) is 22.8 Å². The molecule has 1 amide bonds. The number of hydrogen-bond donors (Lipinski definition) is 1. The molecule has 17 heavy (non-hydrogen) atoms. The van der Waals surface area contributed by atoms with E-state index in [1.54, 1.807) is 0 Å². The Hall–Kier alpha value is -2.12. The smallest absolute Gasteiger partial charge is 0.396 e. The molecular formula is C9H7F3N4O. The van der Waals surface area contributed by atoms with Gasteiger partial charge in [0, 0.05) is 6.20 Å². The minimum atomic E-state index is -4.62. The summed E-state index contributed by atoms with van der Waals surface area (Å²) in [6.45, 7) is 0. The number of halogens is 3. The predicted octanol–water partition coefficient (Wildman–Crippen LogP) is 1.32. The van der Waals surface area contributed by atoms with Crippen molar-refractivity contribution < 1.29 is 18.0 Å². The second kappa shape index (κ2) is 3.72. The Morgan fingerprint density at radius 3 is 2.65 bits per heavy atom. The molecule has 0 saturated heterocycles. The maximum atomic E-state index is 12.4. The largest absolute Gasteiger partial charge is 0.431 e. The molecular weight excluding hydrogens is 237 g/mol. The molecule has 5 nitrogen and oxygen atoms in total. The van der Waals surface area contributed by atoms with E-state index in [1.807, 2.05) is 0 Å². The first kappa shape index (κ1) is 11.4. The van der Waals surface area contributed by atoms with Crippen molar-refractivity contribution in [2.45, 2.75) is 12.6 Å². The summed E-state index contributed by atoms with van der Waals surface area (Å²) in [7, 11) is 0. The molecule has 0 aromatic carbocycles. The van der Waals surface area contributed by atoms with Crippen LogP contribution < -0.4 is 10.7 Å². The van der Waals surface area contributed by atoms with Crippen LogP contribution in [0.25, 0.3) is 0 Å². The van der Waals surface area contributed by atoms with Crippen LogP contribution in [0.4, 0.5) is 24.7 Å². The molecule has 90 valence electrons. The number of nitrogens with two attached hydrogens (primary N) is 1. The summed E-state index contributed by atoms with van der Waals surface area (Å²) in [5.74, 6) is -0.889. The number of aromatic nitrogens is 1. The Morgan fingerprint density at radius 1 is 1.41 bits per heavy atom. The molecule has 1 aliphatic rings. The van der Waals surface area contributed by atoms with Crippen molar-refractivity contribution in [3.63, 3.8) is 0 Å². The van der Waals surface area contributed by atoms with E-state index in [-0.39, 0.29) is 11.5 Å². The van der Waals surface area contributed by atoms with Gasteiger partial charge in [-0.1, -0.05) is 0 Å². The fraction of sp³-hybridized carbons (Fsp3) is 0.222. The van der Waals surface area contributed by atoms with Gasteiger partial charge in [0.2, 0.25) is 0 Å². The van der Waals surface area contributed by atoms with Crippen LogP contribution in [-0.2, 0) is 4.79 Å². The average Bonchev–Trinajstić information content (AvgIpc) is 2.61. The van der Waals surface area contributed by atoms with Crippen LogP contribution in [0.1, 0.15) is 6.42 Å². The van der Waals surface area contributed by atoms with E-state index in [9.17, 15) is 18.0 Å². The maximum absolute atomic E-state index is 12.4. The molecule has 0 unspecified atom stereocenters. The zero-order valence-electron chi connectivity index (χ0n) is 8.40. The Balaban J connectivity index is 2.38. The SMILES string of the molecule is Nc1cccnc1N1N=C(C(F)(F)F)CC1=O. The number of carbonyl (C=O) groups excluding carboxylic acids is 1. The highest BCUT2D eigenvalue weighted by Gasteiger charge is 2.43. The van der Waals surface area contributed by atoms with E-state index in [0.717, 1.165) is 0 Å². The second-order valence-electron chi connectivity index (χ2n) is 3.34. The standard InChI is InChI=1S/C9H7F3N4O/c10-9(11,12)6-4-7(17)16(15-6)8-5(13)2-1-3-14-8/h1-3H,4,13H2. The van der Waals surface area contributed by atoms with Crippen LogP contribution in [0, 0.1) is 0 Å². The van der Waals surface area contributed by atoms with E-state index in [1.165, 1.54) is 18.3 Å². The summed E-state index contributed by atoms with van der Waals surface area (Å²) in [5, 5.41) is 3.79. The van der Waals surface area contributed by atoms with E-state index in [0.29, 0.717) is 5.01 Å². The molecule has 0 atom stereocenters. The van der Waals surface area contributed by atoms with Crippen LogP contribution in [0.3, 0.4) is 0 Å². The van der Waals surface area contributed by atoms with Gasteiger partial charge in [-0.25, -0.2) is 4.98 Å². The number of hydrazone groups is 1. The van der Waals surface area contributed by atoms with Gasteiger partial charge in [-0.15, -0.1) is 0 Å². The van der Waals surface area contributed by atoms with Crippen molar-refractivity contribution in [2.24, 2.45) is 5.10 Å². The maximum Gasteiger partial charge on any atom is 0.431 e. The zero-order valence-corrected chi connectivity index (χ0v) is 8.40. The van der Waals surface area contributed by atoms with Crippen molar-refractivity contribution in [3.8, 4) is 0 Å². The Morgan fingerprint density at radius 2 is 2.12 bits per heavy atom. The summed E-state index contributed by atoms with van der Waals surface area (Å²) < 4.78 is 37.1. The highest BCUT2D eigenvalue weighted by Crippen LogP contribution is 2.29. The number of nitrogen functional groups attached to an aromatic ring is 1. The van der Waals surface area contributed by atoms with E-state index < -0.39 is 24.2 Å². The molecule has 0 saturated carbocycles. The summed E-state index contributed by atoms with van der Waals surface area (Å²) in [5.41, 5.74) is 4.46. The lowest BCUT2D eigenvalue weighted by Gasteiger charge is -2.11. The molecule has 0 spiro atoms. The van der Waals surface area contributed by atoms with Gasteiger partial charge in [-0.3, -0.25) is 4.79 Å². The van der Waals surface area contributed by atoms with Crippen LogP contribution >= 0.6 is 0 Å². The molecule has 0 aliphatic carbocycles. The molecule has 0 bridgehead atoms. The Labute approximate surface area is 93.7 Å². The van der Waals surface area contributed by atoms with Crippen LogP contribution in [0.2, 0.25) is 0 Å². The van der Waals surface area contributed by atoms with Gasteiger partial charge in [0.1, 0.15) is 0 Å². The Bertz CT molecular complexity index is 497. The summed E-state index contributed by atoms with van der Waals surface area (Å²) >= 11 is 0. The van der Waals surface area contributed by atoms with E-state index >= 15 is 0 Å². The van der Waals surface area contributed by atoms with Crippen molar-refractivity contribution in [1.82, 2.24) is 4.98 Å². The van der Waals surface area contributed by atoms with Gasteiger partial charge in [0.15, 0.2) is 11.5 Å². The molecule has 1 aromatic heterocycles. The number of rotatable bonds is 1. The topological polar surface area (TPSA) is 71.6 Å². The highest BCUT2D eigenvalue weighted by molar-refractivity contribution is 6.15. The minimum Gasteiger partial charge on any atom is -0.396 e. The van der Waals surface area contributed by atoms with Crippen LogP contribution in [0.15, 0.2) is 23.4 Å². The lowest BCUT2D eigenvalue weighted by atomic mass is 10.2.